The molecule has 116 valence electrons. The van der Waals surface area contributed by atoms with E-state index < -0.39 is 6.10 Å². The van der Waals surface area contributed by atoms with E-state index in [2.05, 4.69) is 0 Å². The Morgan fingerprint density at radius 2 is 2.00 bits per heavy atom. The van der Waals surface area contributed by atoms with Gasteiger partial charge in [-0.15, -0.1) is 0 Å². The Morgan fingerprint density at radius 3 is 2.59 bits per heavy atom. The van der Waals surface area contributed by atoms with Crippen LogP contribution < -0.4 is 15.2 Å². The number of hydrogen-bond donors (Lipinski definition) is 1. The lowest BCUT2D eigenvalue weighted by Crippen LogP contribution is -2.26. The summed E-state index contributed by atoms with van der Waals surface area (Å²) in [6.45, 7) is 3.83. The fraction of sp³-hybridized carbons (Fsp3) is 0.278. The lowest BCUT2D eigenvalue weighted by molar-refractivity contribution is 0.0786. The number of carbonyl (C=O) groups is 1. The molecule has 0 amide bonds. The maximum atomic E-state index is 12.6. The molecular weight excluding hydrogens is 278 g/mol. The number of hydrogen-bond acceptors (Lipinski definition) is 4. The molecule has 1 atom stereocenters. The third-order valence-electron chi connectivity index (χ3n) is 3.48. The highest BCUT2D eigenvalue weighted by atomic mass is 16.5. The van der Waals surface area contributed by atoms with Crippen molar-refractivity contribution in [3.8, 4) is 11.5 Å². The first-order chi connectivity index (χ1) is 10.5. The lowest BCUT2D eigenvalue weighted by atomic mass is 10.0. The molecule has 22 heavy (non-hydrogen) atoms. The zero-order chi connectivity index (χ0) is 16.1. The third kappa shape index (κ3) is 3.58. The number of methoxy groups -OCH3 is 1. The molecule has 0 spiro atoms. The minimum Gasteiger partial charge on any atom is -0.496 e. The number of carbonyl (C=O) groups excluding carboxylic acids is 1. The lowest BCUT2D eigenvalue weighted by Gasteiger charge is -2.17. The normalized spacial score (nSPS) is 11.8. The summed E-state index contributed by atoms with van der Waals surface area (Å²) >= 11 is 0. The van der Waals surface area contributed by atoms with Crippen molar-refractivity contribution >= 4 is 11.5 Å². The quantitative estimate of drug-likeness (QED) is 0.653. The van der Waals surface area contributed by atoms with Gasteiger partial charge in [0, 0.05) is 17.3 Å². The maximum Gasteiger partial charge on any atom is 0.203 e. The van der Waals surface area contributed by atoms with Gasteiger partial charge in [-0.05, 0) is 49.2 Å². The second kappa shape index (κ2) is 6.98. The summed E-state index contributed by atoms with van der Waals surface area (Å²) < 4.78 is 11.0. The number of rotatable bonds is 6. The predicted octanol–water partition coefficient (Wildman–Crippen LogP) is 3.63. The first kappa shape index (κ1) is 15.9. The highest BCUT2D eigenvalue weighted by Gasteiger charge is 2.21. The fourth-order valence-electron chi connectivity index (χ4n) is 2.29. The van der Waals surface area contributed by atoms with Crippen LogP contribution in [0.3, 0.4) is 0 Å². The molecule has 0 bridgehead atoms. The fourth-order valence-corrected chi connectivity index (χ4v) is 2.29. The Bertz CT molecular complexity index is 667. The van der Waals surface area contributed by atoms with Crippen molar-refractivity contribution < 1.29 is 14.3 Å². The van der Waals surface area contributed by atoms with Crippen molar-refractivity contribution in [2.45, 2.75) is 26.4 Å². The molecule has 0 fully saturated rings. The minimum absolute atomic E-state index is 0.0457. The van der Waals surface area contributed by atoms with Crippen LogP contribution in [0.2, 0.25) is 0 Å². The molecule has 4 nitrogen and oxygen atoms in total. The highest BCUT2D eigenvalue weighted by Crippen LogP contribution is 2.22. The van der Waals surface area contributed by atoms with Gasteiger partial charge in [-0.25, -0.2) is 0 Å². The summed E-state index contributed by atoms with van der Waals surface area (Å²) in [6.07, 6.45) is 0.0493. The summed E-state index contributed by atoms with van der Waals surface area (Å²) in [5.74, 6) is 1.32. The number of nitrogen functional groups attached to an aromatic ring is 1. The average Bonchev–Trinajstić information content (AvgIpc) is 2.52. The van der Waals surface area contributed by atoms with Crippen LogP contribution in [-0.4, -0.2) is 19.0 Å². The van der Waals surface area contributed by atoms with E-state index in [0.717, 1.165) is 11.3 Å². The first-order valence-corrected chi connectivity index (χ1v) is 7.26. The maximum absolute atomic E-state index is 12.6. The van der Waals surface area contributed by atoms with Gasteiger partial charge in [0.25, 0.3) is 0 Å². The molecule has 0 radical (unpaired) electrons. The zero-order valence-corrected chi connectivity index (χ0v) is 13.1. The van der Waals surface area contributed by atoms with Gasteiger partial charge in [0.2, 0.25) is 5.78 Å². The number of anilines is 1. The van der Waals surface area contributed by atoms with E-state index in [1.54, 1.807) is 43.5 Å². The van der Waals surface area contributed by atoms with Gasteiger partial charge in [-0.3, -0.25) is 4.79 Å². The van der Waals surface area contributed by atoms with Gasteiger partial charge >= 0.3 is 0 Å². The molecule has 2 rings (SSSR count). The SMILES string of the molecule is CCC(Oc1cccc(N)c1)C(=O)c1ccc(OC)c(C)c1. The number of ketones is 1. The Labute approximate surface area is 130 Å². The summed E-state index contributed by atoms with van der Waals surface area (Å²) in [5, 5.41) is 0. The molecule has 0 aliphatic heterocycles. The summed E-state index contributed by atoms with van der Waals surface area (Å²) in [4.78, 5) is 12.6. The average molecular weight is 299 g/mol. The van der Waals surface area contributed by atoms with Crippen LogP contribution in [-0.2, 0) is 0 Å². The molecule has 0 aliphatic rings. The number of benzene rings is 2. The van der Waals surface area contributed by atoms with Crippen LogP contribution in [0, 0.1) is 6.92 Å². The number of ether oxygens (including phenoxy) is 2. The molecule has 0 heterocycles. The molecule has 0 aromatic heterocycles. The van der Waals surface area contributed by atoms with E-state index in [9.17, 15) is 4.79 Å². The molecule has 1 unspecified atom stereocenters. The largest absolute Gasteiger partial charge is 0.496 e. The standard InChI is InChI=1S/C18H21NO3/c1-4-16(22-15-7-5-6-14(19)11-15)18(20)13-8-9-17(21-3)12(2)10-13/h5-11,16H,4,19H2,1-3H3. The third-order valence-corrected chi connectivity index (χ3v) is 3.48. The molecule has 0 saturated carbocycles. The van der Waals surface area contributed by atoms with Crippen LogP contribution in [0.5, 0.6) is 11.5 Å². The molecule has 2 aromatic rings. The van der Waals surface area contributed by atoms with E-state index in [4.69, 9.17) is 15.2 Å². The van der Waals surface area contributed by atoms with E-state index in [1.165, 1.54) is 0 Å². The second-order valence-electron chi connectivity index (χ2n) is 5.14. The monoisotopic (exact) mass is 299 g/mol. The van der Waals surface area contributed by atoms with E-state index in [-0.39, 0.29) is 5.78 Å². The molecule has 2 aromatic carbocycles. The summed E-state index contributed by atoms with van der Waals surface area (Å²) in [5.41, 5.74) is 7.89. The number of aryl methyl sites for hydroxylation is 1. The summed E-state index contributed by atoms with van der Waals surface area (Å²) in [7, 11) is 1.61. The molecular formula is C18H21NO3. The van der Waals surface area contributed by atoms with Crippen LogP contribution in [0.15, 0.2) is 42.5 Å². The van der Waals surface area contributed by atoms with Crippen LogP contribution in [0.1, 0.15) is 29.3 Å². The Morgan fingerprint density at radius 1 is 1.23 bits per heavy atom. The molecule has 0 saturated heterocycles. The van der Waals surface area contributed by atoms with Gasteiger partial charge in [0.1, 0.15) is 11.5 Å². The van der Waals surface area contributed by atoms with Crippen LogP contribution >= 0.6 is 0 Å². The summed E-state index contributed by atoms with van der Waals surface area (Å²) in [6, 6.07) is 12.5. The molecule has 0 aliphatic carbocycles. The second-order valence-corrected chi connectivity index (χ2v) is 5.14. The van der Waals surface area contributed by atoms with Gasteiger partial charge in [-0.2, -0.15) is 0 Å². The van der Waals surface area contributed by atoms with E-state index in [1.807, 2.05) is 19.9 Å². The minimum atomic E-state index is -0.533. The Balaban J connectivity index is 2.20. The van der Waals surface area contributed by atoms with Crippen LogP contribution in [0.4, 0.5) is 5.69 Å². The van der Waals surface area contributed by atoms with Crippen LogP contribution in [0.25, 0.3) is 0 Å². The molecule has 4 heteroatoms. The number of nitrogens with two attached hydrogens (primary N) is 1. The Hall–Kier alpha value is -2.49. The van der Waals surface area contributed by atoms with Gasteiger partial charge in [0.15, 0.2) is 6.10 Å². The predicted molar refractivity (Wildman–Crippen MR) is 87.6 cm³/mol. The van der Waals surface area contributed by atoms with Crippen molar-refractivity contribution in [3.63, 3.8) is 0 Å². The number of Topliss-reactive ketones (excluding diaryl/α,β-unsaturated/α-hetero) is 1. The van der Waals surface area contributed by atoms with Crippen molar-refractivity contribution in [2.24, 2.45) is 0 Å². The van der Waals surface area contributed by atoms with Gasteiger partial charge < -0.3 is 15.2 Å². The zero-order valence-electron chi connectivity index (χ0n) is 13.1. The topological polar surface area (TPSA) is 61.5 Å². The van der Waals surface area contributed by atoms with Crippen molar-refractivity contribution in [3.05, 3.63) is 53.6 Å². The van der Waals surface area contributed by atoms with Gasteiger partial charge in [-0.1, -0.05) is 13.0 Å². The Kier molecular flexibility index (Phi) is 5.04. The van der Waals surface area contributed by atoms with Crippen molar-refractivity contribution in [1.29, 1.82) is 0 Å². The van der Waals surface area contributed by atoms with E-state index in [0.29, 0.717) is 23.4 Å². The van der Waals surface area contributed by atoms with Gasteiger partial charge in [0.05, 0.1) is 7.11 Å². The van der Waals surface area contributed by atoms with E-state index >= 15 is 0 Å². The van der Waals surface area contributed by atoms with Crippen molar-refractivity contribution in [2.75, 3.05) is 12.8 Å². The smallest absolute Gasteiger partial charge is 0.203 e. The first-order valence-electron chi connectivity index (χ1n) is 7.26. The molecule has 2 N–H and O–H groups in total. The van der Waals surface area contributed by atoms with Crippen molar-refractivity contribution in [1.82, 2.24) is 0 Å². The highest BCUT2D eigenvalue weighted by molar-refractivity contribution is 6.00.